The summed E-state index contributed by atoms with van der Waals surface area (Å²) in [4.78, 5) is 159. The minimum atomic E-state index is -1.72. The van der Waals surface area contributed by atoms with Gasteiger partial charge in [-0.05, 0) is 11.1 Å². The molecule has 30 nitrogen and oxygen atoms in total. The number of nitrogens with zero attached hydrogens (tertiary/aromatic N) is 10. The molecule has 0 unspecified atom stereocenters. The van der Waals surface area contributed by atoms with Gasteiger partial charge >= 0.3 is 34.2 Å². The molecule has 36 heteroatoms. The molecule has 4 aliphatic heterocycles. The first kappa shape index (κ1) is 53.0. The summed E-state index contributed by atoms with van der Waals surface area (Å²) in [5, 5.41) is 18.9. The second-order valence-corrected chi connectivity index (χ2v) is 21.2. The smallest absolute Gasteiger partial charge is 0.358 e. The summed E-state index contributed by atoms with van der Waals surface area (Å²) in [5.74, 6) is -5.56. The molecule has 0 bridgehead atoms. The van der Waals surface area contributed by atoms with E-state index in [2.05, 4.69) is 51.1 Å². The van der Waals surface area contributed by atoms with Crippen LogP contribution in [0.3, 0.4) is 0 Å². The van der Waals surface area contributed by atoms with Crippen LogP contribution in [0.4, 0.5) is 10.3 Å². The van der Waals surface area contributed by atoms with Crippen molar-refractivity contribution >= 4 is 127 Å². The number of aryl methyl sites for hydroxylation is 2. The normalized spacial score (nSPS) is 19.6. The van der Waals surface area contributed by atoms with E-state index in [4.69, 9.17) is 30.6 Å². The molecule has 4 aromatic heterocycles. The summed E-state index contributed by atoms with van der Waals surface area (Å²) in [6.07, 6.45) is -1.72. The molecule has 4 atom stereocenters. The maximum Gasteiger partial charge on any atom is 0.358 e. The highest BCUT2D eigenvalue weighted by Crippen LogP contribution is 2.44. The predicted octanol–water partition coefficient (Wildman–Crippen LogP) is -2.95. The lowest BCUT2D eigenvalue weighted by Crippen LogP contribution is -2.71. The van der Waals surface area contributed by atoms with Gasteiger partial charge in [0.2, 0.25) is 6.29 Å². The third-order valence-electron chi connectivity index (χ3n) is 10.6. The number of anilines is 2. The molecule has 8 heterocycles. The lowest BCUT2D eigenvalue weighted by Gasteiger charge is -2.50. The summed E-state index contributed by atoms with van der Waals surface area (Å²) in [7, 11) is 5.28. The van der Waals surface area contributed by atoms with Gasteiger partial charge in [0.05, 0.1) is 0 Å². The largest absolute Gasteiger partial charge is 0.421 e. The van der Waals surface area contributed by atoms with Gasteiger partial charge in [-0.3, -0.25) is 67.7 Å². The molecule has 0 aromatic carbocycles. The number of hydrogen-bond acceptors (Lipinski definition) is 28. The van der Waals surface area contributed by atoms with Crippen LogP contribution in [0.1, 0.15) is 18.3 Å². The Kier molecular flexibility index (Phi) is 15.8. The van der Waals surface area contributed by atoms with Gasteiger partial charge in [0, 0.05) is 54.8 Å². The van der Waals surface area contributed by atoms with Crippen LogP contribution in [-0.4, -0.2) is 163 Å². The molecule has 0 aliphatic carbocycles. The fourth-order valence-electron chi connectivity index (χ4n) is 7.29. The second-order valence-electron chi connectivity index (χ2n) is 15.4. The highest BCUT2D eigenvalue weighted by Gasteiger charge is 2.56. The average Bonchev–Trinajstić information content (AvgIpc) is 4.00. The number of ether oxygens (including phenoxy) is 2. The van der Waals surface area contributed by atoms with Crippen LogP contribution in [0.2, 0.25) is 0 Å². The molecule has 4 aliphatic rings. The summed E-state index contributed by atoms with van der Waals surface area (Å²) in [6.45, 7) is 1.20. The highest BCUT2D eigenvalue weighted by molar-refractivity contribution is 8.01. The van der Waals surface area contributed by atoms with Crippen LogP contribution in [0.15, 0.2) is 73.1 Å². The first-order valence-corrected chi connectivity index (χ1v) is 26.7. The van der Waals surface area contributed by atoms with Crippen LogP contribution in [-0.2, 0) is 62.0 Å². The van der Waals surface area contributed by atoms with Crippen LogP contribution >= 0.6 is 69.7 Å². The van der Waals surface area contributed by atoms with Gasteiger partial charge in [-0.1, -0.05) is 33.8 Å². The van der Waals surface area contributed by atoms with E-state index in [1.54, 1.807) is 0 Å². The zero-order valence-corrected chi connectivity index (χ0v) is 43.6. The van der Waals surface area contributed by atoms with Gasteiger partial charge in [-0.15, -0.1) is 46.2 Å². The average molecular weight is 1140 g/mol. The van der Waals surface area contributed by atoms with E-state index < -0.39 is 86.9 Å². The molecule has 74 heavy (non-hydrogen) atoms. The fourth-order valence-corrected chi connectivity index (χ4v) is 13.2. The zero-order valence-electron chi connectivity index (χ0n) is 38.7. The standard InChI is InChI=1S/C38H38N16O14S6/c1-12(67-33(63)21-13(8-73-37-45-25(57)27(59)47-51(37)2)6-69-31-19(29(61)53(21)31)43-23(55)17(49-65-4)15-10-71-35(39)41-15)68-34(64)22-14(9-74-38-46-26(58)28(60)48-52(38)3)7-70-32-20(30(62)54(22)32)44-24(56)18(50-66-5)16-11-72-36(40)42-16/h10-12,19-20,31-32H,6-9H2,1-5H3,(H2,39,41)(H2,40,42)(H,43,55)(H,44,56)(H,47,59)(H,48,60)/b49-17-,50-18-/t19-,20-,31-,32-/m1/s1. The van der Waals surface area contributed by atoms with E-state index in [0.29, 0.717) is 0 Å². The number of aromatic nitrogens is 8. The van der Waals surface area contributed by atoms with Crippen molar-refractivity contribution in [2.45, 2.75) is 46.4 Å². The molecule has 8 N–H and O–H groups in total. The van der Waals surface area contributed by atoms with Crippen molar-refractivity contribution in [3.63, 3.8) is 0 Å². The van der Waals surface area contributed by atoms with E-state index in [9.17, 15) is 47.9 Å². The summed E-state index contributed by atoms with van der Waals surface area (Å²) in [5.41, 5.74) is 7.04. The van der Waals surface area contributed by atoms with Gasteiger partial charge in [0.25, 0.3) is 23.6 Å². The minimum absolute atomic E-state index is 0.0530. The number of oxime groups is 2. The molecule has 8 rings (SSSR count). The number of hydrogen-bond donors (Lipinski definition) is 6. The summed E-state index contributed by atoms with van der Waals surface area (Å²) < 4.78 is 13.8. The quantitative estimate of drug-likeness (QED) is 0.0110. The first-order chi connectivity index (χ1) is 35.3. The van der Waals surface area contributed by atoms with Gasteiger partial charge < -0.3 is 41.2 Å². The van der Waals surface area contributed by atoms with E-state index in [-0.39, 0.29) is 88.9 Å². The Morgan fingerprint density at radius 1 is 0.703 bits per heavy atom. The highest BCUT2D eigenvalue weighted by atomic mass is 32.2. The lowest BCUT2D eigenvalue weighted by molar-refractivity contribution is -0.184. The number of thiazole rings is 2. The third-order valence-corrected chi connectivity index (χ3v) is 16.8. The van der Waals surface area contributed by atoms with Crippen molar-refractivity contribution in [1.29, 1.82) is 0 Å². The Morgan fingerprint density at radius 3 is 1.45 bits per heavy atom. The number of nitrogens with one attached hydrogen (secondary N) is 4. The van der Waals surface area contributed by atoms with Crippen molar-refractivity contribution in [2.24, 2.45) is 24.4 Å². The third kappa shape index (κ3) is 10.7. The number of β-lactam (4-membered cyclic amide) rings is 2. The Labute approximate surface area is 438 Å². The fraction of sp³-hybridized carbons (Fsp3) is 0.368. The molecule has 2 saturated heterocycles. The molecule has 0 radical (unpaired) electrons. The number of esters is 2. The Hall–Kier alpha value is -7.28. The number of fused-ring (bicyclic) bond motifs is 2. The van der Waals surface area contributed by atoms with Crippen molar-refractivity contribution in [2.75, 3.05) is 48.7 Å². The number of H-pyrrole nitrogens is 2. The molecule has 4 amide bonds. The number of carbonyl (C=O) groups excluding carboxylic acids is 6. The maximum absolute atomic E-state index is 14.4. The number of nitrogen functional groups attached to an aromatic ring is 2. The second kappa shape index (κ2) is 22.1. The lowest BCUT2D eigenvalue weighted by atomic mass is 10.0. The van der Waals surface area contributed by atoms with E-state index in [0.717, 1.165) is 56.0 Å². The number of rotatable bonds is 18. The Bertz CT molecular complexity index is 3160. The van der Waals surface area contributed by atoms with Crippen molar-refractivity contribution in [3.05, 3.63) is 86.1 Å². The number of amides is 4. The zero-order chi connectivity index (χ0) is 53.3. The van der Waals surface area contributed by atoms with Crippen LogP contribution < -0.4 is 44.3 Å². The van der Waals surface area contributed by atoms with Crippen molar-refractivity contribution < 1.29 is 47.9 Å². The maximum atomic E-state index is 14.4. The number of thioether (sulfide) groups is 4. The number of nitrogens with two attached hydrogens (primary N) is 2. The van der Waals surface area contributed by atoms with E-state index >= 15 is 0 Å². The van der Waals surface area contributed by atoms with E-state index in [1.807, 2.05) is 0 Å². The topological polar surface area (TPSA) is 408 Å². The van der Waals surface area contributed by atoms with Crippen LogP contribution in [0.5, 0.6) is 0 Å². The van der Waals surface area contributed by atoms with Crippen LogP contribution in [0.25, 0.3) is 0 Å². The van der Waals surface area contributed by atoms with Crippen LogP contribution in [0, 0.1) is 0 Å². The summed E-state index contributed by atoms with van der Waals surface area (Å²) in [6, 6.07) is -2.41. The van der Waals surface area contributed by atoms with E-state index in [1.165, 1.54) is 78.9 Å². The Morgan fingerprint density at radius 2 is 1.09 bits per heavy atom. The molecular formula is C38H38N16O14S6. The van der Waals surface area contributed by atoms with Gasteiger partial charge in [0.1, 0.15) is 59.8 Å². The first-order valence-electron chi connectivity index (χ1n) is 20.9. The molecule has 390 valence electrons. The molecule has 4 aromatic rings. The number of carbonyl (C=O) groups is 6. The minimum Gasteiger partial charge on any atom is -0.421 e. The van der Waals surface area contributed by atoms with Gasteiger partial charge in [-0.2, -0.15) is 9.97 Å². The van der Waals surface area contributed by atoms with Gasteiger partial charge in [0.15, 0.2) is 32.0 Å². The molecular weight excluding hydrogens is 1100 g/mol. The van der Waals surface area contributed by atoms with Gasteiger partial charge in [-0.25, -0.2) is 19.6 Å². The predicted molar refractivity (Wildman–Crippen MR) is 268 cm³/mol. The van der Waals surface area contributed by atoms with Crippen molar-refractivity contribution in [3.8, 4) is 0 Å². The molecule has 0 spiro atoms. The number of aromatic amines is 2. The monoisotopic (exact) mass is 1130 g/mol. The Balaban J connectivity index is 1.04. The summed E-state index contributed by atoms with van der Waals surface area (Å²) >= 11 is 6.31. The SMILES string of the molecule is CO/N=C(\C(=O)N[C@@H]1C(=O)N2C(C(=O)OC(C)OC(=O)C3=C(CSc4nc(=O)c(=O)[nH]n4C)CS[C@@H]4[C@H](NC(=O)/C(=N\OC)c5csc(N)n5)C(=O)N34)=C(CSc3nc(=O)c(=O)[nH]n3C)CS[C@H]12)c1csc(N)n1. The molecule has 2 fully saturated rings. The molecule has 0 saturated carbocycles. The van der Waals surface area contributed by atoms with Crippen molar-refractivity contribution in [1.82, 2.24) is 59.9 Å².